The van der Waals surface area contributed by atoms with E-state index in [1.54, 1.807) is 4.90 Å². The Labute approximate surface area is 148 Å². The Morgan fingerprint density at radius 3 is 2.40 bits per heavy atom. The van der Waals surface area contributed by atoms with Gasteiger partial charge in [0.05, 0.1) is 5.92 Å². The van der Waals surface area contributed by atoms with E-state index in [-0.39, 0.29) is 24.4 Å². The minimum absolute atomic E-state index is 0.0477. The Balaban J connectivity index is 1.22. The van der Waals surface area contributed by atoms with Crippen LogP contribution in [0, 0.1) is 29.6 Å². The van der Waals surface area contributed by atoms with Gasteiger partial charge in [0.15, 0.2) is 6.61 Å². The maximum Gasteiger partial charge on any atom is 0.310 e. The zero-order valence-electron chi connectivity index (χ0n) is 14.5. The SMILES string of the molecule is O=C(OCC(=O)N1CCc2ccccc21)C1C2CC3CC(C2)CC1C3. The third-order valence-electron chi connectivity index (χ3n) is 7.03. The molecule has 4 saturated carbocycles. The van der Waals surface area contributed by atoms with Crippen LogP contribution >= 0.6 is 0 Å². The molecule has 0 unspecified atom stereocenters. The summed E-state index contributed by atoms with van der Waals surface area (Å²) in [6, 6.07) is 7.98. The maximum absolute atomic E-state index is 12.7. The smallest absolute Gasteiger partial charge is 0.310 e. The standard InChI is InChI=1S/C21H25NO3/c23-19(22-6-5-15-3-1-2-4-18(15)22)12-25-21(24)20-16-8-13-7-14(10-16)11-17(20)9-13/h1-4,13-14,16-17,20H,5-12H2. The largest absolute Gasteiger partial charge is 0.455 e. The fraction of sp³-hybridized carbons (Fsp3) is 0.619. The molecule has 1 aromatic carbocycles. The van der Waals surface area contributed by atoms with E-state index in [1.165, 1.54) is 37.7 Å². The molecule has 4 nitrogen and oxygen atoms in total. The molecule has 5 aliphatic rings. The Morgan fingerprint density at radius 2 is 1.68 bits per heavy atom. The van der Waals surface area contributed by atoms with Gasteiger partial charge in [0, 0.05) is 12.2 Å². The number of esters is 1. The first-order valence-corrected chi connectivity index (χ1v) is 9.74. The van der Waals surface area contributed by atoms with Crippen molar-refractivity contribution in [3.8, 4) is 0 Å². The number of amides is 1. The van der Waals surface area contributed by atoms with Crippen LogP contribution in [0.15, 0.2) is 24.3 Å². The number of fused-ring (bicyclic) bond motifs is 1. The average Bonchev–Trinajstić information content (AvgIpc) is 3.03. The molecule has 1 amide bonds. The molecule has 0 atom stereocenters. The highest BCUT2D eigenvalue weighted by Crippen LogP contribution is 2.56. The van der Waals surface area contributed by atoms with Crippen molar-refractivity contribution < 1.29 is 14.3 Å². The van der Waals surface area contributed by atoms with Gasteiger partial charge >= 0.3 is 5.97 Å². The highest BCUT2D eigenvalue weighted by Gasteiger charge is 2.51. The molecule has 1 aromatic rings. The summed E-state index contributed by atoms with van der Waals surface area (Å²) in [5, 5.41) is 0. The highest BCUT2D eigenvalue weighted by atomic mass is 16.5. The topological polar surface area (TPSA) is 46.6 Å². The molecular weight excluding hydrogens is 314 g/mol. The lowest BCUT2D eigenvalue weighted by Gasteiger charge is -2.53. The molecule has 1 heterocycles. The van der Waals surface area contributed by atoms with E-state index in [4.69, 9.17) is 4.74 Å². The average molecular weight is 339 g/mol. The van der Waals surface area contributed by atoms with Gasteiger partial charge in [0.25, 0.3) is 5.91 Å². The first-order chi connectivity index (χ1) is 12.2. The number of carbonyl (C=O) groups is 2. The minimum Gasteiger partial charge on any atom is -0.455 e. The highest BCUT2D eigenvalue weighted by molar-refractivity contribution is 5.97. The van der Waals surface area contributed by atoms with Gasteiger partial charge in [-0.25, -0.2) is 0 Å². The van der Waals surface area contributed by atoms with Crippen LogP contribution in [0.4, 0.5) is 5.69 Å². The van der Waals surface area contributed by atoms with Crippen LogP contribution in [0.3, 0.4) is 0 Å². The van der Waals surface area contributed by atoms with E-state index in [9.17, 15) is 9.59 Å². The predicted molar refractivity (Wildman–Crippen MR) is 94.0 cm³/mol. The number of nitrogens with zero attached hydrogens (tertiary/aromatic N) is 1. The van der Waals surface area contributed by atoms with Crippen LogP contribution in [0.25, 0.3) is 0 Å². The summed E-state index contributed by atoms with van der Waals surface area (Å²) in [5.41, 5.74) is 2.17. The Hall–Kier alpha value is -1.84. The molecule has 0 aromatic heterocycles. The molecule has 132 valence electrons. The maximum atomic E-state index is 12.7. The van der Waals surface area contributed by atoms with Gasteiger partial charge < -0.3 is 9.64 Å². The second-order valence-electron chi connectivity index (χ2n) is 8.49. The molecule has 25 heavy (non-hydrogen) atoms. The lowest BCUT2D eigenvalue weighted by atomic mass is 9.52. The first-order valence-electron chi connectivity index (χ1n) is 9.74. The number of hydrogen-bond donors (Lipinski definition) is 0. The Kier molecular flexibility index (Phi) is 3.61. The van der Waals surface area contributed by atoms with Gasteiger partial charge in [-0.2, -0.15) is 0 Å². The quantitative estimate of drug-likeness (QED) is 0.795. The second-order valence-corrected chi connectivity index (χ2v) is 8.49. The normalized spacial score (nSPS) is 34.9. The third-order valence-corrected chi connectivity index (χ3v) is 7.03. The van der Waals surface area contributed by atoms with Crippen molar-refractivity contribution in [1.29, 1.82) is 0 Å². The van der Waals surface area contributed by atoms with Gasteiger partial charge in [-0.1, -0.05) is 18.2 Å². The fourth-order valence-corrected chi connectivity index (χ4v) is 6.21. The van der Waals surface area contributed by atoms with E-state index in [1.807, 2.05) is 18.2 Å². The van der Waals surface area contributed by atoms with Crippen molar-refractivity contribution in [3.63, 3.8) is 0 Å². The van der Waals surface area contributed by atoms with Crippen LogP contribution in [0.2, 0.25) is 0 Å². The van der Waals surface area contributed by atoms with Gasteiger partial charge in [-0.15, -0.1) is 0 Å². The number of rotatable bonds is 3. The summed E-state index contributed by atoms with van der Waals surface area (Å²) in [7, 11) is 0. The number of hydrogen-bond acceptors (Lipinski definition) is 3. The van der Waals surface area contributed by atoms with E-state index in [0.717, 1.165) is 23.9 Å². The van der Waals surface area contributed by atoms with E-state index >= 15 is 0 Å². The van der Waals surface area contributed by atoms with Crippen LogP contribution in [0.1, 0.15) is 37.7 Å². The van der Waals surface area contributed by atoms with Gasteiger partial charge in [-0.05, 0) is 73.8 Å². The molecule has 4 bridgehead atoms. The lowest BCUT2D eigenvalue weighted by Crippen LogP contribution is -2.48. The second kappa shape index (κ2) is 5.86. The van der Waals surface area contributed by atoms with Crippen molar-refractivity contribution in [1.82, 2.24) is 0 Å². The summed E-state index contributed by atoms with van der Waals surface area (Å²) in [6.45, 7) is 0.573. The molecule has 0 radical (unpaired) electrons. The summed E-state index contributed by atoms with van der Waals surface area (Å²) < 4.78 is 5.53. The lowest BCUT2D eigenvalue weighted by molar-refractivity contribution is -0.164. The van der Waals surface area contributed by atoms with Gasteiger partial charge in [0.2, 0.25) is 0 Å². The number of anilines is 1. The number of ether oxygens (including phenoxy) is 1. The van der Waals surface area contributed by atoms with Crippen molar-refractivity contribution in [2.24, 2.45) is 29.6 Å². The summed E-state index contributed by atoms with van der Waals surface area (Å²) in [4.78, 5) is 27.0. The fourth-order valence-electron chi connectivity index (χ4n) is 6.21. The monoisotopic (exact) mass is 339 g/mol. The van der Waals surface area contributed by atoms with E-state index in [0.29, 0.717) is 18.4 Å². The molecule has 1 aliphatic heterocycles. The molecule has 0 saturated heterocycles. The van der Waals surface area contributed by atoms with Crippen molar-refractivity contribution in [2.45, 2.75) is 38.5 Å². The van der Waals surface area contributed by atoms with Crippen LogP contribution in [-0.4, -0.2) is 25.0 Å². The Bertz CT molecular complexity index is 685. The minimum atomic E-state index is -0.116. The van der Waals surface area contributed by atoms with Gasteiger partial charge in [0.1, 0.15) is 0 Å². The number of carbonyl (C=O) groups excluding carboxylic acids is 2. The summed E-state index contributed by atoms with van der Waals surface area (Å²) >= 11 is 0. The molecule has 0 N–H and O–H groups in total. The summed E-state index contributed by atoms with van der Waals surface area (Å²) in [6.07, 6.45) is 7.04. The van der Waals surface area contributed by atoms with E-state index < -0.39 is 0 Å². The zero-order chi connectivity index (χ0) is 17.0. The third kappa shape index (κ3) is 2.57. The van der Waals surface area contributed by atoms with Crippen LogP contribution < -0.4 is 4.90 Å². The van der Waals surface area contributed by atoms with Gasteiger partial charge in [-0.3, -0.25) is 9.59 Å². The molecule has 0 spiro atoms. The number of para-hydroxylation sites is 1. The molecule has 4 fully saturated rings. The molecule has 6 rings (SSSR count). The zero-order valence-corrected chi connectivity index (χ0v) is 14.5. The van der Waals surface area contributed by atoms with Crippen LogP contribution in [-0.2, 0) is 20.7 Å². The first kappa shape index (κ1) is 15.4. The molecule has 4 heteroatoms. The molecular formula is C21H25NO3. The van der Waals surface area contributed by atoms with E-state index in [2.05, 4.69) is 6.07 Å². The van der Waals surface area contributed by atoms with Crippen molar-refractivity contribution in [2.75, 3.05) is 18.1 Å². The van der Waals surface area contributed by atoms with Crippen molar-refractivity contribution in [3.05, 3.63) is 29.8 Å². The van der Waals surface area contributed by atoms with Crippen LogP contribution in [0.5, 0.6) is 0 Å². The Morgan fingerprint density at radius 1 is 1.00 bits per heavy atom. The summed E-state index contributed by atoms with van der Waals surface area (Å²) in [5.74, 6) is 2.53. The number of benzene rings is 1. The molecule has 4 aliphatic carbocycles. The predicted octanol–water partition coefficient (Wildman–Crippen LogP) is 3.19. The van der Waals surface area contributed by atoms with Crippen molar-refractivity contribution >= 4 is 17.6 Å².